The van der Waals surface area contributed by atoms with E-state index in [2.05, 4.69) is 20.4 Å². The van der Waals surface area contributed by atoms with Crippen LogP contribution in [0.1, 0.15) is 31.9 Å². The zero-order chi connectivity index (χ0) is 22.0. The lowest BCUT2D eigenvalue weighted by molar-refractivity contribution is -0.158. The maximum absolute atomic E-state index is 12.8. The normalized spacial score (nSPS) is 13.9. The van der Waals surface area contributed by atoms with Crippen LogP contribution in [0, 0.1) is 0 Å². The summed E-state index contributed by atoms with van der Waals surface area (Å²) in [5, 5.41) is 5.79. The van der Waals surface area contributed by atoms with Gasteiger partial charge in [-0.3, -0.25) is 4.79 Å². The summed E-state index contributed by atoms with van der Waals surface area (Å²) in [6.07, 6.45) is 0.609. The van der Waals surface area contributed by atoms with E-state index < -0.39 is 36.8 Å². The summed E-state index contributed by atoms with van der Waals surface area (Å²) < 4.78 is 54.0. The predicted molar refractivity (Wildman–Crippen MR) is 101 cm³/mol. The van der Waals surface area contributed by atoms with Crippen molar-refractivity contribution in [3.8, 4) is 0 Å². The molecular formula is C18H25F4N5O2. The van der Waals surface area contributed by atoms with Crippen molar-refractivity contribution in [2.45, 2.75) is 38.7 Å². The number of pyridine rings is 1. The molecule has 0 fully saturated rings. The summed E-state index contributed by atoms with van der Waals surface area (Å²) in [6.45, 7) is 2.92. The Bertz CT molecular complexity index is 741. The lowest BCUT2D eigenvalue weighted by atomic mass is 10.1. The minimum atomic E-state index is -4.34. The Labute approximate surface area is 166 Å². The van der Waals surface area contributed by atoms with Gasteiger partial charge in [-0.05, 0) is 43.2 Å². The number of amides is 1. The number of hydrogen-bond acceptors (Lipinski definition) is 6. The average molecular weight is 419 g/mol. The molecule has 1 unspecified atom stereocenters. The van der Waals surface area contributed by atoms with Crippen molar-refractivity contribution < 1.29 is 27.1 Å². The van der Waals surface area contributed by atoms with Crippen LogP contribution >= 0.6 is 0 Å². The number of anilines is 1. The second kappa shape index (κ2) is 11.1. The van der Waals surface area contributed by atoms with Crippen LogP contribution in [-0.4, -0.2) is 36.4 Å². The lowest BCUT2D eigenvalue weighted by Gasteiger charge is -2.16. The Hall–Kier alpha value is -2.98. The molecule has 162 valence electrons. The molecule has 11 heteroatoms. The highest BCUT2D eigenvalue weighted by atomic mass is 19.3. The van der Waals surface area contributed by atoms with E-state index in [0.717, 1.165) is 30.7 Å². The number of hydrogen-bond donors (Lipinski definition) is 4. The van der Waals surface area contributed by atoms with Gasteiger partial charge in [0.05, 0.1) is 11.7 Å². The zero-order valence-electron chi connectivity index (χ0n) is 16.1. The smallest absolute Gasteiger partial charge is 0.340 e. The number of carbonyl (C=O) groups is 1. The van der Waals surface area contributed by atoms with E-state index in [-0.39, 0.29) is 5.70 Å². The van der Waals surface area contributed by atoms with E-state index in [1.54, 1.807) is 25.3 Å². The molecule has 0 saturated carbocycles. The van der Waals surface area contributed by atoms with Crippen LogP contribution in [-0.2, 0) is 9.53 Å². The van der Waals surface area contributed by atoms with Crippen LogP contribution in [0.5, 0.6) is 0 Å². The molecule has 1 amide bonds. The fraction of sp³-hybridized carbons (Fsp3) is 0.444. The molecule has 0 bridgehead atoms. The van der Waals surface area contributed by atoms with E-state index in [1.165, 1.54) is 0 Å². The highest BCUT2D eigenvalue weighted by Gasteiger charge is 2.41. The topological polar surface area (TPSA) is 115 Å². The fourth-order valence-corrected chi connectivity index (χ4v) is 1.97. The number of allylic oxidation sites excluding steroid dienone is 2. The van der Waals surface area contributed by atoms with Crippen molar-refractivity contribution in [2.75, 3.05) is 18.5 Å². The molecule has 0 aliphatic rings. The number of ether oxygens (including phenoxy) is 1. The fourth-order valence-electron chi connectivity index (χ4n) is 1.97. The van der Waals surface area contributed by atoms with Gasteiger partial charge in [0.1, 0.15) is 5.82 Å². The van der Waals surface area contributed by atoms with E-state index in [9.17, 15) is 22.4 Å². The summed E-state index contributed by atoms with van der Waals surface area (Å²) in [5.41, 5.74) is 11.4. The van der Waals surface area contributed by atoms with Crippen LogP contribution in [0.2, 0.25) is 0 Å². The molecule has 7 nitrogen and oxygen atoms in total. The molecule has 1 aromatic rings. The summed E-state index contributed by atoms with van der Waals surface area (Å²) in [7, 11) is 0. The molecule has 1 rings (SSSR count). The van der Waals surface area contributed by atoms with Crippen LogP contribution in [0.15, 0.2) is 42.1 Å². The van der Waals surface area contributed by atoms with Crippen molar-refractivity contribution in [3.63, 3.8) is 0 Å². The third-order valence-corrected chi connectivity index (χ3v) is 3.63. The van der Waals surface area contributed by atoms with Gasteiger partial charge in [-0.1, -0.05) is 6.92 Å². The molecule has 6 N–H and O–H groups in total. The Morgan fingerprint density at radius 2 is 2.03 bits per heavy atom. The maximum atomic E-state index is 12.8. The molecule has 0 saturated heterocycles. The molecule has 29 heavy (non-hydrogen) atoms. The number of halogens is 4. The van der Waals surface area contributed by atoms with Gasteiger partial charge in [-0.25, -0.2) is 13.8 Å². The third kappa shape index (κ3) is 8.28. The average Bonchev–Trinajstić information content (AvgIpc) is 2.68. The first-order valence-corrected chi connectivity index (χ1v) is 8.79. The van der Waals surface area contributed by atoms with Crippen molar-refractivity contribution in [2.24, 2.45) is 11.5 Å². The van der Waals surface area contributed by atoms with Crippen molar-refractivity contribution in [1.29, 1.82) is 0 Å². The molecule has 0 aromatic carbocycles. The minimum absolute atomic E-state index is 0.276. The van der Waals surface area contributed by atoms with Crippen molar-refractivity contribution in [3.05, 3.63) is 47.6 Å². The summed E-state index contributed by atoms with van der Waals surface area (Å²) in [6, 6.07) is 3.12. The van der Waals surface area contributed by atoms with Gasteiger partial charge >= 0.3 is 12.3 Å². The molecule has 0 spiro atoms. The van der Waals surface area contributed by atoms with E-state index >= 15 is 0 Å². The van der Waals surface area contributed by atoms with Crippen LogP contribution in [0.25, 0.3) is 0 Å². The van der Waals surface area contributed by atoms with Crippen LogP contribution in [0.3, 0.4) is 0 Å². The molecular weight excluding hydrogens is 394 g/mol. The molecule has 0 radical (unpaired) electrons. The first-order chi connectivity index (χ1) is 13.6. The lowest BCUT2D eigenvalue weighted by Crippen LogP contribution is -2.33. The van der Waals surface area contributed by atoms with E-state index in [4.69, 9.17) is 11.5 Å². The highest BCUT2D eigenvalue weighted by Crippen LogP contribution is 2.23. The first-order valence-electron chi connectivity index (χ1n) is 8.79. The number of nitrogens with two attached hydrogens (primary N) is 2. The Morgan fingerprint density at radius 3 is 2.66 bits per heavy atom. The second-order valence-corrected chi connectivity index (χ2v) is 6.14. The Kier molecular flexibility index (Phi) is 9.23. The van der Waals surface area contributed by atoms with Crippen LogP contribution < -0.4 is 22.1 Å². The van der Waals surface area contributed by atoms with Gasteiger partial charge in [0.15, 0.2) is 12.5 Å². The molecule has 1 heterocycles. The minimum Gasteiger partial charge on any atom is -0.473 e. The maximum Gasteiger partial charge on any atom is 0.340 e. The highest BCUT2D eigenvalue weighted by molar-refractivity contribution is 5.92. The van der Waals surface area contributed by atoms with Gasteiger partial charge in [0, 0.05) is 12.7 Å². The van der Waals surface area contributed by atoms with Crippen LogP contribution in [0.4, 0.5) is 23.4 Å². The molecule has 0 aliphatic heterocycles. The number of aromatic nitrogens is 1. The Morgan fingerprint density at radius 1 is 1.34 bits per heavy atom. The summed E-state index contributed by atoms with van der Waals surface area (Å²) >= 11 is 0. The van der Waals surface area contributed by atoms with Gasteiger partial charge in [-0.2, -0.15) is 8.78 Å². The molecule has 0 aliphatic carbocycles. The first kappa shape index (κ1) is 24.1. The summed E-state index contributed by atoms with van der Waals surface area (Å²) in [4.78, 5) is 16.3. The number of nitrogens with zero attached hydrogens (tertiary/aromatic N) is 1. The predicted octanol–water partition coefficient (Wildman–Crippen LogP) is 2.64. The molecule has 1 atom stereocenters. The number of rotatable bonds is 11. The van der Waals surface area contributed by atoms with Gasteiger partial charge in [0.25, 0.3) is 5.91 Å². The van der Waals surface area contributed by atoms with E-state index in [1.807, 2.05) is 6.92 Å². The van der Waals surface area contributed by atoms with Crippen molar-refractivity contribution >= 4 is 11.7 Å². The number of carbonyl (C=O) groups excluding carboxylic acids is 1. The van der Waals surface area contributed by atoms with Crippen molar-refractivity contribution in [1.82, 2.24) is 10.3 Å². The largest absolute Gasteiger partial charge is 0.473 e. The summed E-state index contributed by atoms with van der Waals surface area (Å²) in [5.74, 6) is -4.90. The zero-order valence-corrected chi connectivity index (χ0v) is 16.1. The molecule has 1 aromatic heterocycles. The standard InChI is InChI=1S/C18H25F4N5O2/c1-3-7-25-15-9-12(6-8-26-15)11(2)27-16(28)13(23)4-5-14(24)29-10-18(21,22)17(19)20/h4-6,8-9,11,17H,3,7,10,23-24H2,1-2H3,(H,25,26)(H,27,28)/b13-4-,14-5+. The second-order valence-electron chi connectivity index (χ2n) is 6.14. The van der Waals surface area contributed by atoms with Gasteiger partial charge < -0.3 is 26.8 Å². The Balaban J connectivity index is 2.66. The number of alkyl halides is 4. The monoisotopic (exact) mass is 419 g/mol. The quantitative estimate of drug-likeness (QED) is 0.190. The van der Waals surface area contributed by atoms with Gasteiger partial charge in [-0.15, -0.1) is 0 Å². The SMILES string of the molecule is CCCNc1cc(C(C)NC(=O)/C(N)=C/C=C(\N)OCC(F)(F)C(F)F)ccn1. The van der Waals surface area contributed by atoms with Gasteiger partial charge in [0.2, 0.25) is 0 Å². The number of nitrogens with one attached hydrogen (secondary N) is 2. The third-order valence-electron chi connectivity index (χ3n) is 3.63. The van der Waals surface area contributed by atoms with E-state index in [0.29, 0.717) is 5.82 Å².